The summed E-state index contributed by atoms with van der Waals surface area (Å²) < 4.78 is 63.5. The van der Waals surface area contributed by atoms with Crippen LogP contribution < -0.4 is 0 Å². The van der Waals surface area contributed by atoms with Crippen molar-refractivity contribution >= 4 is 15.9 Å². The molecule has 9 heteroatoms. The fourth-order valence-corrected chi connectivity index (χ4v) is 2.42. The normalized spacial score (nSPS) is 15.1. The molecule has 114 valence electrons. The highest BCUT2D eigenvalue weighted by Gasteiger charge is 2.65. The zero-order valence-corrected chi connectivity index (χ0v) is 11.0. The monoisotopic (exact) mass is 325 g/mol. The number of nitro groups is 1. The van der Waals surface area contributed by atoms with Crippen molar-refractivity contribution in [1.82, 2.24) is 0 Å². The zero-order valence-electron chi connectivity index (χ0n) is 10.2. The van der Waals surface area contributed by atoms with Gasteiger partial charge in [0.05, 0.1) is 10.5 Å². The van der Waals surface area contributed by atoms with Gasteiger partial charge in [-0.1, -0.05) is 49.8 Å². The summed E-state index contributed by atoms with van der Waals surface area (Å²) in [7, 11) is -9.95. The third-order valence-electron chi connectivity index (χ3n) is 2.70. The fraction of sp³-hybridized carbons (Fsp3) is 0. The molecule has 0 N–H and O–H groups in total. The number of benzene rings is 2. The standard InChI is InChI=1S/C12H8F5NO2S/c13-21(14,15,16,17)10-6-7-11(12(8-10)18(19)20)9-4-2-1-3-5-9/h1-8H. The molecule has 0 aromatic heterocycles. The number of rotatable bonds is 3. The minimum absolute atomic E-state index is 0.121. The summed E-state index contributed by atoms with van der Waals surface area (Å²) in [5.74, 6) is 0. The van der Waals surface area contributed by atoms with Crippen molar-refractivity contribution in [3.63, 3.8) is 0 Å². The highest BCUT2D eigenvalue weighted by atomic mass is 32.5. The Morgan fingerprint density at radius 3 is 1.95 bits per heavy atom. The highest BCUT2D eigenvalue weighted by molar-refractivity contribution is 8.45. The number of nitrogens with zero attached hydrogens (tertiary/aromatic N) is 1. The molecule has 2 aromatic rings. The summed E-state index contributed by atoms with van der Waals surface area (Å²) in [4.78, 5) is 7.50. The van der Waals surface area contributed by atoms with Crippen molar-refractivity contribution in [1.29, 1.82) is 0 Å². The summed E-state index contributed by atoms with van der Waals surface area (Å²) >= 11 is 0. The number of hydrogen-bond acceptors (Lipinski definition) is 2. The zero-order chi connectivity index (χ0) is 16.0. The van der Waals surface area contributed by atoms with E-state index < -0.39 is 25.7 Å². The molecule has 0 atom stereocenters. The van der Waals surface area contributed by atoms with Crippen molar-refractivity contribution in [3.8, 4) is 11.1 Å². The molecule has 0 saturated carbocycles. The van der Waals surface area contributed by atoms with Crippen LogP contribution in [0.1, 0.15) is 0 Å². The number of hydrogen-bond donors (Lipinski definition) is 0. The van der Waals surface area contributed by atoms with Gasteiger partial charge in [0.1, 0.15) is 4.90 Å². The molecule has 2 rings (SSSR count). The largest absolute Gasteiger partial charge is 0.310 e. The Balaban J connectivity index is 2.71. The summed E-state index contributed by atoms with van der Waals surface area (Å²) in [5, 5.41) is 10.9. The van der Waals surface area contributed by atoms with Crippen molar-refractivity contribution in [2.75, 3.05) is 0 Å². The van der Waals surface area contributed by atoms with Crippen molar-refractivity contribution in [2.24, 2.45) is 0 Å². The predicted octanol–water partition coefficient (Wildman–Crippen LogP) is 5.92. The lowest BCUT2D eigenvalue weighted by Crippen LogP contribution is -2.07. The van der Waals surface area contributed by atoms with Crippen molar-refractivity contribution in [3.05, 3.63) is 58.6 Å². The van der Waals surface area contributed by atoms with Crippen LogP contribution in [0, 0.1) is 10.1 Å². The van der Waals surface area contributed by atoms with Crippen LogP contribution in [0.25, 0.3) is 11.1 Å². The molecule has 0 aliphatic rings. The van der Waals surface area contributed by atoms with E-state index in [1.165, 1.54) is 24.3 Å². The first-order valence-corrected chi connectivity index (χ1v) is 7.41. The molecule has 0 unspecified atom stereocenters. The Kier molecular flexibility index (Phi) is 2.86. The van der Waals surface area contributed by atoms with Gasteiger partial charge in [-0.15, -0.1) is 0 Å². The summed E-state index contributed by atoms with van der Waals surface area (Å²) in [6.07, 6.45) is 0. The molecule has 0 radical (unpaired) electrons. The average molecular weight is 325 g/mol. The van der Waals surface area contributed by atoms with E-state index in [0.717, 1.165) is 0 Å². The van der Waals surface area contributed by atoms with Gasteiger partial charge >= 0.3 is 10.2 Å². The van der Waals surface area contributed by atoms with E-state index in [0.29, 0.717) is 6.07 Å². The van der Waals surface area contributed by atoms with Crippen LogP contribution in [-0.4, -0.2) is 4.92 Å². The lowest BCUT2D eigenvalue weighted by molar-refractivity contribution is -0.384. The third-order valence-corrected chi connectivity index (χ3v) is 3.84. The Labute approximate surface area is 115 Å². The van der Waals surface area contributed by atoms with E-state index in [4.69, 9.17) is 0 Å². The topological polar surface area (TPSA) is 43.1 Å². The Morgan fingerprint density at radius 2 is 1.48 bits per heavy atom. The molecule has 0 spiro atoms. The molecule has 0 saturated heterocycles. The molecule has 0 bridgehead atoms. The molecule has 2 aromatic carbocycles. The number of nitro benzene ring substituents is 1. The van der Waals surface area contributed by atoms with E-state index in [-0.39, 0.29) is 23.3 Å². The second kappa shape index (κ2) is 3.94. The molecular formula is C12H8F5NO2S. The maximum Gasteiger partial charge on any atom is 0.310 e. The van der Waals surface area contributed by atoms with Gasteiger partial charge in [-0.05, 0) is 17.7 Å². The van der Waals surface area contributed by atoms with Crippen molar-refractivity contribution in [2.45, 2.75) is 4.90 Å². The second-order valence-electron chi connectivity index (χ2n) is 4.27. The minimum atomic E-state index is -9.95. The van der Waals surface area contributed by atoms with E-state index >= 15 is 0 Å². The SMILES string of the molecule is O=[N+]([O-])c1cc(S(F)(F)(F)(F)F)ccc1-c1ccccc1. The molecule has 0 aliphatic heterocycles. The van der Waals surface area contributed by atoms with Gasteiger partial charge in [0.2, 0.25) is 0 Å². The van der Waals surface area contributed by atoms with Gasteiger partial charge in [-0.2, -0.15) is 0 Å². The van der Waals surface area contributed by atoms with Gasteiger partial charge < -0.3 is 0 Å². The smallest absolute Gasteiger partial charge is 0.258 e. The molecule has 0 heterocycles. The fourth-order valence-electron chi connectivity index (χ4n) is 1.76. The third kappa shape index (κ3) is 3.30. The molecule has 0 amide bonds. The summed E-state index contributed by atoms with van der Waals surface area (Å²) in [6.45, 7) is 0. The van der Waals surface area contributed by atoms with Crippen LogP contribution in [-0.2, 0) is 0 Å². The molecule has 0 fully saturated rings. The molecule has 3 nitrogen and oxygen atoms in total. The van der Waals surface area contributed by atoms with E-state index in [1.807, 2.05) is 0 Å². The average Bonchev–Trinajstić information content (AvgIpc) is 2.36. The molecule has 21 heavy (non-hydrogen) atoms. The van der Waals surface area contributed by atoms with Crippen molar-refractivity contribution < 1.29 is 24.4 Å². The Hall–Kier alpha value is -2.16. The van der Waals surface area contributed by atoms with Gasteiger partial charge in [-0.3, -0.25) is 10.1 Å². The first-order valence-electron chi connectivity index (χ1n) is 5.46. The van der Waals surface area contributed by atoms with E-state index in [9.17, 15) is 29.5 Å². The Bertz CT molecular complexity index is 716. The maximum absolute atomic E-state index is 12.7. The summed E-state index contributed by atoms with van der Waals surface area (Å²) in [5.41, 5.74) is -0.920. The van der Waals surface area contributed by atoms with Crippen LogP contribution >= 0.6 is 10.2 Å². The first-order chi connectivity index (χ1) is 9.38. The predicted molar refractivity (Wildman–Crippen MR) is 69.9 cm³/mol. The lowest BCUT2D eigenvalue weighted by Gasteiger charge is -2.40. The second-order valence-corrected chi connectivity index (χ2v) is 6.68. The van der Waals surface area contributed by atoms with Gasteiger partial charge in [-0.25, -0.2) is 0 Å². The van der Waals surface area contributed by atoms with E-state index in [1.54, 1.807) is 6.07 Å². The van der Waals surface area contributed by atoms with Crippen LogP contribution in [0.4, 0.5) is 25.1 Å². The van der Waals surface area contributed by atoms with Crippen LogP contribution in [0.5, 0.6) is 0 Å². The van der Waals surface area contributed by atoms with E-state index in [2.05, 4.69) is 0 Å². The molecule has 0 aliphatic carbocycles. The maximum atomic E-state index is 12.7. The minimum Gasteiger partial charge on any atom is -0.258 e. The number of halogens is 5. The van der Waals surface area contributed by atoms with Crippen LogP contribution in [0.2, 0.25) is 0 Å². The van der Waals surface area contributed by atoms with Gasteiger partial charge in [0.15, 0.2) is 0 Å². The van der Waals surface area contributed by atoms with Gasteiger partial charge in [0, 0.05) is 6.07 Å². The van der Waals surface area contributed by atoms with Gasteiger partial charge in [0.25, 0.3) is 5.69 Å². The highest BCUT2D eigenvalue weighted by Crippen LogP contribution is 3.02. The Morgan fingerprint density at radius 1 is 0.905 bits per heavy atom. The summed E-state index contributed by atoms with van der Waals surface area (Å²) in [6, 6.07) is 8.25. The van der Waals surface area contributed by atoms with Crippen LogP contribution in [0.15, 0.2) is 53.4 Å². The van der Waals surface area contributed by atoms with Crippen LogP contribution in [0.3, 0.4) is 0 Å². The molecular weight excluding hydrogens is 317 g/mol. The first kappa shape index (κ1) is 15.2. The quantitative estimate of drug-likeness (QED) is 0.399. The lowest BCUT2D eigenvalue weighted by atomic mass is 10.0.